The van der Waals surface area contributed by atoms with Crippen LogP contribution in [0.2, 0.25) is 0 Å². The van der Waals surface area contributed by atoms with Gasteiger partial charge in [0.2, 0.25) is 10.0 Å². The first-order chi connectivity index (χ1) is 13.0. The lowest BCUT2D eigenvalue weighted by Crippen LogP contribution is -2.35. The predicted octanol–water partition coefficient (Wildman–Crippen LogP) is 2.98. The highest BCUT2D eigenvalue weighted by atomic mass is 32.2. The van der Waals surface area contributed by atoms with Gasteiger partial charge in [0.1, 0.15) is 4.90 Å². The first-order valence-electron chi connectivity index (χ1n) is 9.71. The number of carboxylic acid groups (broad SMARTS) is 1. The van der Waals surface area contributed by atoms with Gasteiger partial charge in [0.25, 0.3) is 0 Å². The summed E-state index contributed by atoms with van der Waals surface area (Å²) in [4.78, 5) is 11.3. The summed E-state index contributed by atoms with van der Waals surface area (Å²) in [7, 11) is -3.83. The molecule has 1 aromatic rings. The molecule has 0 radical (unpaired) electrons. The fourth-order valence-corrected chi connectivity index (χ4v) is 5.25. The van der Waals surface area contributed by atoms with E-state index in [1.807, 2.05) is 0 Å². The van der Waals surface area contributed by atoms with Gasteiger partial charge in [-0.1, -0.05) is 25.7 Å². The number of nitrogens with one attached hydrogen (secondary N) is 2. The Kier molecular flexibility index (Phi) is 6.73. The molecule has 0 bridgehead atoms. The lowest BCUT2D eigenvalue weighted by atomic mass is 10.1. The maximum atomic E-state index is 13.0. The van der Waals surface area contributed by atoms with Crippen LogP contribution in [0.3, 0.4) is 0 Å². The monoisotopic (exact) mass is 396 g/mol. The van der Waals surface area contributed by atoms with Crippen molar-refractivity contribution in [1.29, 1.82) is 0 Å². The predicted molar refractivity (Wildman–Crippen MR) is 103 cm³/mol. The summed E-state index contributed by atoms with van der Waals surface area (Å²) in [6, 6.07) is 4.08. The molecule has 1 aromatic carbocycles. The van der Waals surface area contributed by atoms with Crippen molar-refractivity contribution in [3.05, 3.63) is 23.8 Å². The first kappa shape index (κ1) is 20.1. The van der Waals surface area contributed by atoms with Crippen LogP contribution in [0.5, 0.6) is 0 Å². The Labute approximate surface area is 160 Å². The Bertz CT molecular complexity index is 751. The Hall–Kier alpha value is -1.64. The van der Waals surface area contributed by atoms with Gasteiger partial charge in [0.05, 0.1) is 17.4 Å². The topological polar surface area (TPSA) is 105 Å². The normalized spacial score (nSPS) is 21.7. The van der Waals surface area contributed by atoms with Gasteiger partial charge in [-0.2, -0.15) is 0 Å². The molecule has 1 aliphatic carbocycles. The zero-order valence-electron chi connectivity index (χ0n) is 15.4. The van der Waals surface area contributed by atoms with Crippen molar-refractivity contribution in [3.63, 3.8) is 0 Å². The van der Waals surface area contributed by atoms with Gasteiger partial charge < -0.3 is 15.2 Å². The number of sulfonamides is 1. The lowest BCUT2D eigenvalue weighted by molar-refractivity contribution is 0.0696. The number of hydrogen-bond donors (Lipinski definition) is 3. The van der Waals surface area contributed by atoms with Crippen molar-refractivity contribution in [1.82, 2.24) is 4.72 Å². The van der Waals surface area contributed by atoms with Crippen LogP contribution in [0.1, 0.15) is 61.7 Å². The fraction of sp³-hybridized carbons (Fsp3) is 0.632. The molecule has 1 heterocycles. The van der Waals surface area contributed by atoms with E-state index in [4.69, 9.17) is 4.74 Å². The van der Waals surface area contributed by atoms with E-state index < -0.39 is 16.0 Å². The van der Waals surface area contributed by atoms with Crippen molar-refractivity contribution >= 4 is 21.7 Å². The van der Waals surface area contributed by atoms with Crippen LogP contribution in [0.4, 0.5) is 5.69 Å². The Morgan fingerprint density at radius 2 is 1.85 bits per heavy atom. The highest BCUT2D eigenvalue weighted by Gasteiger charge is 2.25. The number of aromatic carboxylic acids is 1. The quantitative estimate of drug-likeness (QED) is 0.612. The van der Waals surface area contributed by atoms with Gasteiger partial charge in [0.15, 0.2) is 0 Å². The second-order valence-electron chi connectivity index (χ2n) is 7.34. The fourth-order valence-electron chi connectivity index (χ4n) is 3.73. The molecular weight excluding hydrogens is 368 g/mol. The van der Waals surface area contributed by atoms with Gasteiger partial charge in [0, 0.05) is 19.2 Å². The summed E-state index contributed by atoms with van der Waals surface area (Å²) in [5.74, 6) is -1.15. The van der Waals surface area contributed by atoms with Crippen LogP contribution in [0.25, 0.3) is 0 Å². The molecule has 7 nitrogen and oxygen atoms in total. The first-order valence-corrected chi connectivity index (χ1v) is 11.2. The Morgan fingerprint density at radius 1 is 1.11 bits per heavy atom. The number of rotatable bonds is 7. The van der Waals surface area contributed by atoms with E-state index in [0.29, 0.717) is 12.2 Å². The molecule has 8 heteroatoms. The number of carbonyl (C=O) groups is 1. The van der Waals surface area contributed by atoms with Gasteiger partial charge in [-0.25, -0.2) is 17.9 Å². The summed E-state index contributed by atoms with van der Waals surface area (Å²) < 4.78 is 34.4. The summed E-state index contributed by atoms with van der Waals surface area (Å²) in [5.41, 5.74) is 0.371. The Balaban J connectivity index is 1.82. The molecule has 1 atom stereocenters. The van der Waals surface area contributed by atoms with Crippen LogP contribution < -0.4 is 10.0 Å². The zero-order chi connectivity index (χ0) is 19.3. The molecule has 3 rings (SSSR count). The van der Waals surface area contributed by atoms with Crippen LogP contribution in [0, 0.1) is 0 Å². The minimum atomic E-state index is -3.83. The molecule has 2 aliphatic rings. The van der Waals surface area contributed by atoms with Crippen molar-refractivity contribution in [3.8, 4) is 0 Å². The maximum Gasteiger partial charge on any atom is 0.335 e. The molecule has 3 N–H and O–H groups in total. The number of ether oxygens (including phenoxy) is 1. The summed E-state index contributed by atoms with van der Waals surface area (Å²) in [6.45, 7) is 1.22. The van der Waals surface area contributed by atoms with Crippen molar-refractivity contribution < 1.29 is 23.1 Å². The third-order valence-electron chi connectivity index (χ3n) is 5.24. The van der Waals surface area contributed by atoms with E-state index in [0.717, 1.165) is 58.0 Å². The third kappa shape index (κ3) is 5.43. The SMILES string of the molecule is O=C(O)c1ccc(NCC2CCCO2)c(S(=O)(=O)NC2CCCCCC2)c1. The van der Waals surface area contributed by atoms with Gasteiger partial charge >= 0.3 is 5.97 Å². The molecule has 150 valence electrons. The van der Waals surface area contributed by atoms with E-state index in [-0.39, 0.29) is 22.6 Å². The highest BCUT2D eigenvalue weighted by Crippen LogP contribution is 2.26. The maximum absolute atomic E-state index is 13.0. The molecule has 1 saturated heterocycles. The largest absolute Gasteiger partial charge is 0.478 e. The smallest absolute Gasteiger partial charge is 0.335 e. The van der Waals surface area contributed by atoms with Crippen LogP contribution in [-0.4, -0.2) is 44.8 Å². The minimum Gasteiger partial charge on any atom is -0.478 e. The highest BCUT2D eigenvalue weighted by molar-refractivity contribution is 7.89. The molecule has 27 heavy (non-hydrogen) atoms. The van der Waals surface area contributed by atoms with E-state index in [9.17, 15) is 18.3 Å². The molecule has 1 saturated carbocycles. The second-order valence-corrected chi connectivity index (χ2v) is 9.02. The second kappa shape index (κ2) is 9.03. The van der Waals surface area contributed by atoms with Crippen molar-refractivity contribution in [2.24, 2.45) is 0 Å². The van der Waals surface area contributed by atoms with E-state index in [2.05, 4.69) is 10.0 Å². The van der Waals surface area contributed by atoms with Gasteiger partial charge in [-0.15, -0.1) is 0 Å². The van der Waals surface area contributed by atoms with Crippen LogP contribution >= 0.6 is 0 Å². The third-order valence-corrected chi connectivity index (χ3v) is 6.80. The number of hydrogen-bond acceptors (Lipinski definition) is 5. The molecule has 0 amide bonds. The van der Waals surface area contributed by atoms with Crippen LogP contribution in [0.15, 0.2) is 23.1 Å². The summed E-state index contributed by atoms with van der Waals surface area (Å²) in [5, 5.41) is 12.4. The van der Waals surface area contributed by atoms with Crippen LogP contribution in [-0.2, 0) is 14.8 Å². The molecule has 2 fully saturated rings. The summed E-state index contributed by atoms with van der Waals surface area (Å²) >= 11 is 0. The Morgan fingerprint density at radius 3 is 2.48 bits per heavy atom. The standard InChI is InChI=1S/C19H28N2O5S/c22-19(23)14-9-10-17(20-13-16-8-5-11-26-16)18(12-14)27(24,25)21-15-6-3-1-2-4-7-15/h9-10,12,15-16,20-21H,1-8,11,13H2,(H,22,23). The zero-order valence-corrected chi connectivity index (χ0v) is 16.3. The average Bonchev–Trinajstić information content (AvgIpc) is 3.03. The van der Waals surface area contributed by atoms with Gasteiger partial charge in [-0.3, -0.25) is 0 Å². The minimum absolute atomic E-state index is 0.00959. The van der Waals surface area contributed by atoms with Gasteiger partial charge in [-0.05, 0) is 43.9 Å². The van der Waals surface area contributed by atoms with E-state index in [1.165, 1.54) is 18.2 Å². The number of anilines is 1. The molecular formula is C19H28N2O5S. The van der Waals surface area contributed by atoms with Crippen molar-refractivity contribution in [2.75, 3.05) is 18.5 Å². The average molecular weight is 397 g/mol. The number of carboxylic acids is 1. The number of benzene rings is 1. The van der Waals surface area contributed by atoms with E-state index in [1.54, 1.807) is 0 Å². The molecule has 0 aromatic heterocycles. The van der Waals surface area contributed by atoms with E-state index >= 15 is 0 Å². The molecule has 0 spiro atoms. The molecule has 1 unspecified atom stereocenters. The molecule has 1 aliphatic heterocycles. The van der Waals surface area contributed by atoms with Crippen molar-refractivity contribution in [2.45, 2.75) is 68.4 Å². The summed E-state index contributed by atoms with van der Waals surface area (Å²) in [6.07, 6.45) is 7.88. The lowest BCUT2D eigenvalue weighted by Gasteiger charge is -2.20.